The number of aryl methyl sites for hydroxylation is 1. The van der Waals surface area contributed by atoms with Crippen LogP contribution in [0.5, 0.6) is 0 Å². The molecule has 14 heteroatoms. The normalized spacial score (nSPS) is 16.9. The maximum absolute atomic E-state index is 12.1. The lowest BCUT2D eigenvalue weighted by molar-refractivity contribution is -0.173. The van der Waals surface area contributed by atoms with Gasteiger partial charge in [0.15, 0.2) is 0 Å². The average molecular weight is 512 g/mol. The zero-order valence-corrected chi connectivity index (χ0v) is 19.2. The summed E-state index contributed by atoms with van der Waals surface area (Å²) in [4.78, 5) is 34.8. The average Bonchev–Trinajstić information content (AvgIpc) is 3.22. The van der Waals surface area contributed by atoms with Gasteiger partial charge in [0, 0.05) is 13.1 Å². The summed E-state index contributed by atoms with van der Waals surface area (Å²) in [5.74, 6) is -3.54. The van der Waals surface area contributed by atoms with Crippen molar-refractivity contribution in [3.63, 3.8) is 0 Å². The number of likely N-dealkylation sites (tertiary alicyclic amines) is 1. The Kier molecular flexibility index (Phi) is 10.9. The first kappa shape index (κ1) is 29.3. The van der Waals surface area contributed by atoms with E-state index in [4.69, 9.17) is 15.4 Å². The molecule has 0 unspecified atom stereocenters. The molecule has 1 aromatic rings. The van der Waals surface area contributed by atoms with Crippen molar-refractivity contribution in [2.24, 2.45) is 5.73 Å². The molecule has 10 nitrogen and oxygen atoms in total. The number of carbonyl (C=O) groups excluding carboxylic acids is 2. The highest BCUT2D eigenvalue weighted by Crippen LogP contribution is 2.19. The molecule has 0 spiro atoms. The van der Waals surface area contributed by atoms with Gasteiger partial charge in [-0.05, 0) is 51.2 Å². The van der Waals surface area contributed by atoms with Gasteiger partial charge in [0.25, 0.3) is 10.1 Å². The monoisotopic (exact) mass is 511 g/mol. The summed E-state index contributed by atoms with van der Waals surface area (Å²) in [5, 5.41) is 10.7. The Bertz CT molecular complexity index is 953. The van der Waals surface area contributed by atoms with Gasteiger partial charge in [0.2, 0.25) is 5.91 Å². The predicted molar refractivity (Wildman–Crippen MR) is 114 cm³/mol. The molecule has 5 N–H and O–H groups in total. The number of carboxylic acid groups (broad SMARTS) is 1. The Hall–Kier alpha value is -2.71. The van der Waals surface area contributed by atoms with Crippen LogP contribution in [0.25, 0.3) is 0 Å². The third-order valence-electron chi connectivity index (χ3n) is 4.94. The molecule has 0 radical (unpaired) electrons. The van der Waals surface area contributed by atoms with Crippen molar-refractivity contribution >= 4 is 27.9 Å². The van der Waals surface area contributed by atoms with Crippen LogP contribution in [-0.4, -0.2) is 72.1 Å². The van der Waals surface area contributed by atoms with E-state index >= 15 is 0 Å². The van der Waals surface area contributed by atoms with Gasteiger partial charge in [-0.2, -0.15) is 21.6 Å². The van der Waals surface area contributed by atoms with Crippen LogP contribution in [0.1, 0.15) is 37.7 Å². The summed E-state index contributed by atoms with van der Waals surface area (Å²) in [6.07, 6.45) is -3.13. The number of amides is 2. The first-order valence-corrected chi connectivity index (χ1v) is 11.8. The molecule has 192 valence electrons. The van der Waals surface area contributed by atoms with Crippen molar-refractivity contribution in [2.75, 3.05) is 13.1 Å². The number of nitrogens with two attached hydrogens (primary N) is 1. The molecule has 1 fully saturated rings. The van der Waals surface area contributed by atoms with Crippen molar-refractivity contribution in [1.82, 2.24) is 10.2 Å². The van der Waals surface area contributed by atoms with E-state index in [2.05, 4.69) is 0 Å². The molecular weight excluding hydrogens is 483 g/mol. The highest BCUT2D eigenvalue weighted by atomic mass is 32.2. The lowest BCUT2D eigenvalue weighted by atomic mass is 10.1. The van der Waals surface area contributed by atoms with Crippen LogP contribution in [0, 0.1) is 6.92 Å². The highest BCUT2D eigenvalue weighted by molar-refractivity contribution is 7.85. The van der Waals surface area contributed by atoms with Crippen molar-refractivity contribution in [3.05, 3.63) is 29.8 Å². The third kappa shape index (κ3) is 9.65. The number of aliphatic carboxylic acids is 1. The second-order valence-corrected chi connectivity index (χ2v) is 9.09. The van der Waals surface area contributed by atoms with Gasteiger partial charge >= 0.3 is 18.1 Å². The van der Waals surface area contributed by atoms with Gasteiger partial charge < -0.3 is 21.1 Å². The smallest absolute Gasteiger partial charge is 0.471 e. The molecule has 1 aliphatic rings. The molecule has 2 rings (SSSR count). The van der Waals surface area contributed by atoms with E-state index < -0.39 is 46.2 Å². The van der Waals surface area contributed by atoms with Gasteiger partial charge in [-0.15, -0.1) is 0 Å². The highest BCUT2D eigenvalue weighted by Gasteiger charge is 2.38. The molecule has 1 saturated heterocycles. The van der Waals surface area contributed by atoms with Crippen molar-refractivity contribution < 1.29 is 45.6 Å². The maximum atomic E-state index is 12.1. The number of carboxylic acids is 1. The van der Waals surface area contributed by atoms with Gasteiger partial charge in [-0.3, -0.25) is 14.1 Å². The van der Waals surface area contributed by atoms with Crippen molar-refractivity contribution in [1.29, 1.82) is 0 Å². The maximum Gasteiger partial charge on any atom is 0.471 e. The van der Waals surface area contributed by atoms with E-state index in [0.717, 1.165) is 5.56 Å². The zero-order valence-electron chi connectivity index (χ0n) is 18.4. The minimum absolute atomic E-state index is 0.0666. The molecule has 0 bridgehead atoms. The Morgan fingerprint density at radius 3 is 2.29 bits per heavy atom. The molecule has 2 atom stereocenters. The number of nitrogens with one attached hydrogen (secondary N) is 1. The molecule has 0 saturated carbocycles. The first-order chi connectivity index (χ1) is 15.6. The topological polar surface area (TPSA) is 167 Å². The number of alkyl halides is 3. The molecule has 34 heavy (non-hydrogen) atoms. The Morgan fingerprint density at radius 1 is 1.21 bits per heavy atom. The van der Waals surface area contributed by atoms with Crippen molar-refractivity contribution in [2.45, 2.75) is 62.2 Å². The molecule has 1 heterocycles. The van der Waals surface area contributed by atoms with Crippen LogP contribution >= 0.6 is 0 Å². The van der Waals surface area contributed by atoms with E-state index in [-0.39, 0.29) is 24.3 Å². The second kappa shape index (κ2) is 12.7. The van der Waals surface area contributed by atoms with Crippen LogP contribution < -0.4 is 11.1 Å². The van der Waals surface area contributed by atoms with Crippen LogP contribution in [0.4, 0.5) is 13.2 Å². The lowest BCUT2D eigenvalue weighted by Crippen LogP contribution is -2.48. The zero-order chi connectivity index (χ0) is 26.1. The number of halogens is 3. The molecule has 1 aliphatic heterocycles. The minimum Gasteiger partial charge on any atom is -0.480 e. The fourth-order valence-electron chi connectivity index (χ4n) is 3.13. The third-order valence-corrected chi connectivity index (χ3v) is 5.81. The summed E-state index contributed by atoms with van der Waals surface area (Å²) in [6, 6.07) is 4.23. The molecule has 0 aromatic heterocycles. The van der Waals surface area contributed by atoms with E-state index in [1.54, 1.807) is 17.4 Å². The quantitative estimate of drug-likeness (QED) is 0.301. The van der Waals surface area contributed by atoms with E-state index in [1.807, 2.05) is 6.92 Å². The minimum atomic E-state index is -4.91. The van der Waals surface area contributed by atoms with Crippen LogP contribution in [-0.2, 0) is 24.5 Å². The lowest BCUT2D eigenvalue weighted by Gasteiger charge is -2.24. The van der Waals surface area contributed by atoms with Gasteiger partial charge in [-0.1, -0.05) is 17.7 Å². The second-order valence-electron chi connectivity index (χ2n) is 7.67. The summed E-state index contributed by atoms with van der Waals surface area (Å²) in [7, 11) is -4.02. The number of rotatable bonds is 8. The first-order valence-electron chi connectivity index (χ1n) is 10.3. The van der Waals surface area contributed by atoms with Crippen LogP contribution in [0.15, 0.2) is 29.2 Å². The van der Waals surface area contributed by atoms with Crippen LogP contribution in [0.2, 0.25) is 0 Å². The van der Waals surface area contributed by atoms with Gasteiger partial charge in [-0.25, -0.2) is 4.79 Å². The number of hydrogen-bond acceptors (Lipinski definition) is 6. The van der Waals surface area contributed by atoms with Gasteiger partial charge in [0.1, 0.15) is 6.04 Å². The Labute approximate surface area is 195 Å². The number of nitrogens with zero attached hydrogens (tertiary/aromatic N) is 1. The van der Waals surface area contributed by atoms with E-state index in [1.165, 1.54) is 17.0 Å². The summed E-state index contributed by atoms with van der Waals surface area (Å²) < 4.78 is 65.4. The van der Waals surface area contributed by atoms with Gasteiger partial charge in [0.05, 0.1) is 10.9 Å². The van der Waals surface area contributed by atoms with E-state index in [0.29, 0.717) is 25.8 Å². The summed E-state index contributed by atoms with van der Waals surface area (Å²) in [6.45, 7) is 2.01. The van der Waals surface area contributed by atoms with Crippen LogP contribution in [0.3, 0.4) is 0 Å². The SMILES string of the molecule is Cc1ccc(S(=O)(=O)O)cc1.N[C@@H](CCCCNC(=O)C(F)(F)F)C(=O)N1CCC[C@H]1C(=O)O. The summed E-state index contributed by atoms with van der Waals surface area (Å²) >= 11 is 0. The number of carbonyl (C=O) groups is 3. The van der Waals surface area contributed by atoms with E-state index in [9.17, 15) is 36.0 Å². The standard InChI is InChI=1S/C13H20F3N3O4.C7H8O3S/c14-13(15,16)12(23)18-6-2-1-4-8(17)10(20)19-7-3-5-9(19)11(21)22;1-6-2-4-7(5-3-6)11(8,9)10/h8-9H,1-7,17H2,(H,18,23)(H,21,22);2-5H,1H3,(H,8,9,10)/t8-,9-;/m0./s1. The molecule has 0 aliphatic carbocycles. The molecule has 2 amide bonds. The fourth-order valence-corrected chi connectivity index (χ4v) is 3.61. The molecular formula is C20H28F3N3O7S. The largest absolute Gasteiger partial charge is 0.480 e. The predicted octanol–water partition coefficient (Wildman–Crippen LogP) is 1.48. The Balaban J connectivity index is 0.000000437. The summed E-state index contributed by atoms with van der Waals surface area (Å²) in [5.41, 5.74) is 6.68. The van der Waals surface area contributed by atoms with Crippen molar-refractivity contribution in [3.8, 4) is 0 Å². The molecule has 1 aromatic carbocycles. The fraction of sp³-hybridized carbons (Fsp3) is 0.550. The Morgan fingerprint density at radius 2 is 1.79 bits per heavy atom. The number of unbranched alkanes of at least 4 members (excludes halogenated alkanes) is 1. The number of hydrogen-bond donors (Lipinski definition) is 4. The number of benzene rings is 1.